The minimum absolute atomic E-state index is 0.374. The van der Waals surface area contributed by atoms with Crippen molar-refractivity contribution in [2.45, 2.75) is 37.5 Å². The van der Waals surface area contributed by atoms with E-state index >= 15 is 0 Å². The molecule has 0 spiro atoms. The summed E-state index contributed by atoms with van der Waals surface area (Å²) in [6.07, 6.45) is 3.98. The van der Waals surface area contributed by atoms with Crippen LogP contribution < -0.4 is 21.2 Å². The molecule has 0 radical (unpaired) electrons. The first-order valence-electron chi connectivity index (χ1n) is 12.1. The summed E-state index contributed by atoms with van der Waals surface area (Å²) in [5.74, 6) is 0.753. The van der Waals surface area contributed by atoms with Gasteiger partial charge in [-0.2, -0.15) is 0 Å². The third-order valence-corrected chi connectivity index (χ3v) is 12.5. The van der Waals surface area contributed by atoms with Crippen molar-refractivity contribution in [1.29, 1.82) is 0 Å². The van der Waals surface area contributed by atoms with Crippen LogP contribution in [0.5, 0.6) is 0 Å². The van der Waals surface area contributed by atoms with Crippen LogP contribution in [0.15, 0.2) is 121 Å². The van der Waals surface area contributed by atoms with Gasteiger partial charge in [-0.05, 0) is 73.6 Å². The monoisotopic (exact) mass is 466 g/mol. The van der Waals surface area contributed by atoms with Crippen molar-refractivity contribution in [3.8, 4) is 0 Å². The highest BCUT2D eigenvalue weighted by atomic mass is 31.1. The van der Waals surface area contributed by atoms with E-state index in [1.807, 2.05) is 0 Å². The van der Waals surface area contributed by atoms with Gasteiger partial charge in [-0.3, -0.25) is 0 Å². The van der Waals surface area contributed by atoms with E-state index in [4.69, 9.17) is 0 Å². The van der Waals surface area contributed by atoms with Crippen molar-refractivity contribution in [2.75, 3.05) is 0 Å². The molecule has 1 saturated carbocycles. The summed E-state index contributed by atoms with van der Waals surface area (Å²) in [6, 6.07) is 45.3. The molecule has 0 aromatic heterocycles. The van der Waals surface area contributed by atoms with Crippen molar-refractivity contribution >= 4 is 37.1 Å². The lowest BCUT2D eigenvalue weighted by atomic mass is 9.90. The molecule has 0 N–H and O–H groups in total. The van der Waals surface area contributed by atoms with Gasteiger partial charge in [0.2, 0.25) is 0 Å². The Bertz CT molecular complexity index is 943. The molecule has 1 fully saturated rings. The zero-order chi connectivity index (χ0) is 22.5. The fourth-order valence-corrected chi connectivity index (χ4v) is 11.9. The number of rotatable bonds is 6. The molecule has 2 heteroatoms. The smallest absolute Gasteiger partial charge is 0.0120 e. The lowest BCUT2D eigenvalue weighted by molar-refractivity contribution is 0.399. The highest BCUT2D eigenvalue weighted by Gasteiger charge is 2.37. The van der Waals surface area contributed by atoms with Crippen molar-refractivity contribution < 1.29 is 0 Å². The van der Waals surface area contributed by atoms with Gasteiger partial charge in [0.1, 0.15) is 0 Å². The number of hydrogen-bond acceptors (Lipinski definition) is 0. The Morgan fingerprint density at radius 2 is 0.697 bits per heavy atom. The van der Waals surface area contributed by atoms with Crippen molar-refractivity contribution in [2.24, 2.45) is 5.92 Å². The molecule has 166 valence electrons. The van der Waals surface area contributed by atoms with Gasteiger partial charge in [0.15, 0.2) is 0 Å². The van der Waals surface area contributed by atoms with Crippen LogP contribution >= 0.6 is 15.8 Å². The topological polar surface area (TPSA) is 0 Å². The third kappa shape index (κ3) is 5.30. The summed E-state index contributed by atoms with van der Waals surface area (Å²) in [4.78, 5) is 0. The van der Waals surface area contributed by atoms with E-state index < -0.39 is 0 Å². The van der Waals surface area contributed by atoms with E-state index in [1.54, 1.807) is 0 Å². The fourth-order valence-electron chi connectivity index (χ4n) is 5.45. The quantitative estimate of drug-likeness (QED) is 0.274. The molecule has 33 heavy (non-hydrogen) atoms. The minimum atomic E-state index is -0.374. The molecule has 5 rings (SSSR count). The van der Waals surface area contributed by atoms with Crippen LogP contribution in [0.4, 0.5) is 0 Å². The van der Waals surface area contributed by atoms with Crippen LogP contribution in [0.2, 0.25) is 0 Å². The van der Waals surface area contributed by atoms with Gasteiger partial charge in [0.25, 0.3) is 0 Å². The van der Waals surface area contributed by atoms with Gasteiger partial charge in [0.05, 0.1) is 0 Å². The van der Waals surface area contributed by atoms with Crippen LogP contribution in [0.1, 0.15) is 26.2 Å². The molecule has 0 heterocycles. The van der Waals surface area contributed by atoms with E-state index in [-0.39, 0.29) is 15.8 Å². The minimum Gasteiger partial charge on any atom is -0.0625 e. The van der Waals surface area contributed by atoms with Gasteiger partial charge >= 0.3 is 0 Å². The maximum Gasteiger partial charge on any atom is -0.0120 e. The molecule has 2 atom stereocenters. The molecule has 0 aliphatic heterocycles. The van der Waals surface area contributed by atoms with Crippen LogP contribution in [0.3, 0.4) is 0 Å². The summed E-state index contributed by atoms with van der Waals surface area (Å²) in [6.45, 7) is 2.49. The predicted octanol–water partition coefficient (Wildman–Crippen LogP) is 6.81. The largest absolute Gasteiger partial charge is 0.0625 e. The third-order valence-electron chi connectivity index (χ3n) is 6.76. The van der Waals surface area contributed by atoms with Crippen LogP contribution in [-0.2, 0) is 0 Å². The summed E-state index contributed by atoms with van der Waals surface area (Å²) < 4.78 is 0. The average Bonchev–Trinajstić information content (AvgIpc) is 2.87. The molecular formula is C31H32P2. The van der Waals surface area contributed by atoms with Gasteiger partial charge in [-0.1, -0.05) is 128 Å². The second-order valence-corrected chi connectivity index (χ2v) is 14.2. The van der Waals surface area contributed by atoms with Gasteiger partial charge < -0.3 is 0 Å². The molecule has 0 saturated heterocycles. The molecule has 2 unspecified atom stereocenters. The van der Waals surface area contributed by atoms with E-state index in [2.05, 4.69) is 128 Å². The fraction of sp³-hybridized carbons (Fsp3) is 0.226. The van der Waals surface area contributed by atoms with Crippen LogP contribution in [0.25, 0.3) is 0 Å². The van der Waals surface area contributed by atoms with E-state index in [1.165, 1.54) is 40.5 Å². The van der Waals surface area contributed by atoms with Crippen molar-refractivity contribution in [3.63, 3.8) is 0 Å². The van der Waals surface area contributed by atoms with Crippen molar-refractivity contribution in [3.05, 3.63) is 121 Å². The van der Waals surface area contributed by atoms with E-state index in [0.29, 0.717) is 0 Å². The maximum atomic E-state index is 2.49. The average molecular weight is 467 g/mol. The lowest BCUT2D eigenvalue weighted by Crippen LogP contribution is -2.35. The summed E-state index contributed by atoms with van der Waals surface area (Å²) >= 11 is 0. The second kappa shape index (κ2) is 10.8. The standard InChI is InChI=1S/C31H32P2/c1-25-22-30(32(26-14-6-2-7-15-26)27-16-8-3-9-17-27)24-31(23-25)33(28-18-10-4-11-19-28)29-20-12-5-13-21-29/h2-21,25,30-31H,22-24H2,1H3. The molecule has 1 aliphatic carbocycles. The van der Waals surface area contributed by atoms with E-state index in [0.717, 1.165) is 17.2 Å². The molecule has 4 aromatic rings. The zero-order valence-corrected chi connectivity index (χ0v) is 21.1. The summed E-state index contributed by atoms with van der Waals surface area (Å²) in [7, 11) is -0.749. The first kappa shape index (κ1) is 22.5. The van der Waals surface area contributed by atoms with Crippen molar-refractivity contribution in [1.82, 2.24) is 0 Å². The molecule has 0 nitrogen and oxygen atoms in total. The van der Waals surface area contributed by atoms with Gasteiger partial charge in [-0.15, -0.1) is 0 Å². The van der Waals surface area contributed by atoms with Gasteiger partial charge in [-0.25, -0.2) is 0 Å². The molecule has 0 amide bonds. The molecule has 1 aliphatic rings. The second-order valence-electron chi connectivity index (χ2n) is 9.20. The van der Waals surface area contributed by atoms with Crippen LogP contribution in [-0.4, -0.2) is 11.3 Å². The Balaban J connectivity index is 1.53. The normalized spacial score (nSPS) is 20.8. The highest BCUT2D eigenvalue weighted by molar-refractivity contribution is 7.74. The summed E-state index contributed by atoms with van der Waals surface area (Å²) in [5, 5.41) is 6.11. The Hall–Kier alpha value is -2.26. The summed E-state index contributed by atoms with van der Waals surface area (Å²) in [5.41, 5.74) is 1.44. The SMILES string of the molecule is CC1CC(P(c2ccccc2)c2ccccc2)CC(P(c2ccccc2)c2ccccc2)C1. The number of hydrogen-bond donors (Lipinski definition) is 0. The Morgan fingerprint density at radius 1 is 0.424 bits per heavy atom. The Labute approximate surface area is 201 Å². The Morgan fingerprint density at radius 3 is 0.970 bits per heavy atom. The van der Waals surface area contributed by atoms with E-state index in [9.17, 15) is 0 Å². The highest BCUT2D eigenvalue weighted by Crippen LogP contribution is 2.54. The predicted molar refractivity (Wildman–Crippen MR) is 149 cm³/mol. The Kier molecular flexibility index (Phi) is 7.36. The molecule has 0 bridgehead atoms. The maximum absolute atomic E-state index is 2.49. The molecular weight excluding hydrogens is 434 g/mol. The molecule has 4 aromatic carbocycles. The first-order valence-corrected chi connectivity index (χ1v) is 14.9. The lowest BCUT2D eigenvalue weighted by Gasteiger charge is -2.42. The van der Waals surface area contributed by atoms with Crippen LogP contribution in [0, 0.1) is 5.92 Å². The first-order chi connectivity index (χ1) is 16.3. The number of benzene rings is 4. The van der Waals surface area contributed by atoms with Gasteiger partial charge in [0, 0.05) is 0 Å². The zero-order valence-electron chi connectivity index (χ0n) is 19.3.